The number of hydrogen-bond acceptors (Lipinski definition) is 4. The van der Waals surface area contributed by atoms with Gasteiger partial charge in [-0.25, -0.2) is 13.2 Å². The van der Waals surface area contributed by atoms with Crippen LogP contribution >= 0.6 is 0 Å². The van der Waals surface area contributed by atoms with E-state index < -0.39 is 72.9 Å². The molecule has 41 heavy (non-hydrogen) atoms. The van der Waals surface area contributed by atoms with E-state index in [9.17, 15) is 36.3 Å². The highest BCUT2D eigenvalue weighted by Gasteiger charge is 2.41. The SMILES string of the molecule is CCn1nccc1C(=O)N[C@H](C(=O)Nc1cc(C)c(C(C)C(=O)N(C)CC(F)(F)F)cc1F)C1CCC(F)(F)CC1. The van der Waals surface area contributed by atoms with E-state index in [0.29, 0.717) is 17.0 Å². The van der Waals surface area contributed by atoms with Crippen LogP contribution in [0.15, 0.2) is 24.4 Å². The van der Waals surface area contributed by atoms with Gasteiger partial charge in [0.1, 0.15) is 24.1 Å². The number of nitrogens with one attached hydrogen (secondary N) is 2. The maximum atomic E-state index is 15.2. The van der Waals surface area contributed by atoms with Crippen LogP contribution in [0.3, 0.4) is 0 Å². The number of nitrogens with zero attached hydrogens (tertiary/aromatic N) is 3. The normalized spacial score (nSPS) is 17.0. The van der Waals surface area contributed by atoms with Crippen LogP contribution < -0.4 is 10.6 Å². The number of rotatable bonds is 9. The van der Waals surface area contributed by atoms with Crippen molar-refractivity contribution in [2.24, 2.45) is 5.92 Å². The fourth-order valence-corrected chi connectivity index (χ4v) is 5.07. The van der Waals surface area contributed by atoms with Gasteiger partial charge in [0, 0.05) is 32.6 Å². The molecule has 1 fully saturated rings. The average molecular weight is 590 g/mol. The van der Waals surface area contributed by atoms with E-state index in [-0.39, 0.29) is 29.8 Å². The standard InChI is InChI=1S/C27H33F6N5O3/c1-5-38-21(8-11-34-38)23(39)36-22(17-6-9-26(29,30)10-7-17)24(40)35-20-12-15(2)18(13-19(20)28)16(3)25(41)37(4)14-27(31,32)33/h8,11-13,16-17,22H,5-7,9-10,14H2,1-4H3,(H,35,40)(H,36,39)/t16?,22-/m0/s1. The zero-order chi connectivity index (χ0) is 30.7. The lowest BCUT2D eigenvalue weighted by Gasteiger charge is -2.33. The van der Waals surface area contributed by atoms with E-state index in [1.165, 1.54) is 36.9 Å². The summed E-state index contributed by atoms with van der Waals surface area (Å²) in [5, 5.41) is 9.03. The summed E-state index contributed by atoms with van der Waals surface area (Å²) < 4.78 is 82.4. The van der Waals surface area contributed by atoms with Crippen molar-refractivity contribution in [2.45, 2.75) is 77.1 Å². The molecule has 2 atom stereocenters. The lowest BCUT2D eigenvalue weighted by Crippen LogP contribution is -2.50. The van der Waals surface area contributed by atoms with Crippen LogP contribution in [0.5, 0.6) is 0 Å². The maximum Gasteiger partial charge on any atom is 0.406 e. The summed E-state index contributed by atoms with van der Waals surface area (Å²) in [4.78, 5) is 39.4. The van der Waals surface area contributed by atoms with Crippen LogP contribution in [-0.2, 0) is 16.1 Å². The predicted molar refractivity (Wildman–Crippen MR) is 138 cm³/mol. The zero-order valence-corrected chi connectivity index (χ0v) is 23.1. The maximum absolute atomic E-state index is 15.2. The smallest absolute Gasteiger partial charge is 0.339 e. The minimum absolute atomic E-state index is 0.0517. The summed E-state index contributed by atoms with van der Waals surface area (Å²) in [6.07, 6.45) is -4.24. The number of carbonyl (C=O) groups is 3. The molecule has 1 aliphatic carbocycles. The first-order chi connectivity index (χ1) is 19.0. The van der Waals surface area contributed by atoms with Crippen molar-refractivity contribution in [1.82, 2.24) is 20.0 Å². The second-order valence-corrected chi connectivity index (χ2v) is 10.4. The Morgan fingerprint density at radius 1 is 1.20 bits per heavy atom. The number of anilines is 1. The Morgan fingerprint density at radius 3 is 2.41 bits per heavy atom. The highest BCUT2D eigenvalue weighted by molar-refractivity contribution is 6.01. The number of benzene rings is 1. The van der Waals surface area contributed by atoms with E-state index in [1.807, 2.05) is 0 Å². The van der Waals surface area contributed by atoms with Crippen molar-refractivity contribution in [3.8, 4) is 0 Å². The van der Waals surface area contributed by atoms with E-state index in [4.69, 9.17) is 0 Å². The third kappa shape index (κ3) is 8.00. The molecule has 8 nitrogen and oxygen atoms in total. The first-order valence-corrected chi connectivity index (χ1v) is 13.2. The van der Waals surface area contributed by atoms with Gasteiger partial charge in [0.05, 0.1) is 11.6 Å². The Kier molecular flexibility index (Phi) is 9.75. The first-order valence-electron chi connectivity index (χ1n) is 13.2. The molecule has 1 aromatic heterocycles. The highest BCUT2D eigenvalue weighted by atomic mass is 19.4. The molecular weight excluding hydrogens is 556 g/mol. The Balaban J connectivity index is 1.83. The van der Waals surface area contributed by atoms with Crippen LogP contribution in [-0.4, -0.2) is 64.1 Å². The molecule has 0 spiro atoms. The Hall–Kier alpha value is -3.58. The lowest BCUT2D eigenvalue weighted by molar-refractivity contribution is -0.159. The van der Waals surface area contributed by atoms with Crippen LogP contribution in [0.4, 0.5) is 32.0 Å². The molecule has 1 aliphatic rings. The molecular formula is C27H33F6N5O3. The number of aromatic nitrogens is 2. The van der Waals surface area contributed by atoms with Crippen molar-refractivity contribution in [3.63, 3.8) is 0 Å². The van der Waals surface area contributed by atoms with Gasteiger partial charge in [0.15, 0.2) is 0 Å². The summed E-state index contributed by atoms with van der Waals surface area (Å²) >= 11 is 0. The van der Waals surface area contributed by atoms with Crippen LogP contribution in [0.25, 0.3) is 0 Å². The second kappa shape index (κ2) is 12.5. The number of hydrogen-bond donors (Lipinski definition) is 2. The zero-order valence-electron chi connectivity index (χ0n) is 23.1. The molecule has 1 saturated carbocycles. The summed E-state index contributed by atoms with van der Waals surface area (Å²) in [7, 11) is 0.996. The van der Waals surface area contributed by atoms with Gasteiger partial charge in [-0.15, -0.1) is 0 Å². The molecule has 2 aromatic rings. The van der Waals surface area contributed by atoms with Gasteiger partial charge in [0.2, 0.25) is 17.7 Å². The molecule has 226 valence electrons. The number of halogens is 6. The molecule has 14 heteroatoms. The molecule has 3 rings (SSSR count). The molecule has 0 bridgehead atoms. The average Bonchev–Trinajstić information content (AvgIpc) is 3.36. The number of likely N-dealkylation sites (N-methyl/N-ethyl adjacent to an activating group) is 1. The van der Waals surface area contributed by atoms with Gasteiger partial charge in [-0.05, 0) is 68.9 Å². The lowest BCUT2D eigenvalue weighted by atomic mass is 9.81. The van der Waals surface area contributed by atoms with Crippen LogP contribution in [0.1, 0.15) is 67.1 Å². The quantitative estimate of drug-likeness (QED) is 0.401. The predicted octanol–water partition coefficient (Wildman–Crippen LogP) is 5.04. The Labute approximate surface area is 233 Å². The van der Waals surface area contributed by atoms with Crippen LogP contribution in [0.2, 0.25) is 0 Å². The Morgan fingerprint density at radius 2 is 1.83 bits per heavy atom. The van der Waals surface area contributed by atoms with Crippen molar-refractivity contribution < 1.29 is 40.7 Å². The van der Waals surface area contributed by atoms with Crippen LogP contribution in [0, 0.1) is 18.7 Å². The largest absolute Gasteiger partial charge is 0.406 e. The third-order valence-electron chi connectivity index (χ3n) is 7.29. The first kappa shape index (κ1) is 31.9. The van der Waals surface area contributed by atoms with E-state index >= 15 is 4.39 Å². The molecule has 0 radical (unpaired) electrons. The van der Waals surface area contributed by atoms with Gasteiger partial charge >= 0.3 is 6.18 Å². The fraction of sp³-hybridized carbons (Fsp3) is 0.556. The summed E-state index contributed by atoms with van der Waals surface area (Å²) in [5.41, 5.74) is 0.324. The van der Waals surface area contributed by atoms with Crippen molar-refractivity contribution in [1.29, 1.82) is 0 Å². The summed E-state index contributed by atoms with van der Waals surface area (Å²) in [6.45, 7) is 3.51. The third-order valence-corrected chi connectivity index (χ3v) is 7.29. The van der Waals surface area contributed by atoms with E-state index in [0.717, 1.165) is 13.1 Å². The molecule has 1 unspecified atom stereocenters. The second-order valence-electron chi connectivity index (χ2n) is 10.4. The fourth-order valence-electron chi connectivity index (χ4n) is 5.07. The number of amides is 3. The highest BCUT2D eigenvalue weighted by Crippen LogP contribution is 2.38. The molecule has 0 aliphatic heterocycles. The van der Waals surface area contributed by atoms with Gasteiger partial charge in [0.25, 0.3) is 5.91 Å². The minimum Gasteiger partial charge on any atom is -0.339 e. The molecule has 1 heterocycles. The number of alkyl halides is 5. The van der Waals surface area contributed by atoms with Crippen molar-refractivity contribution in [2.75, 3.05) is 18.9 Å². The van der Waals surface area contributed by atoms with Crippen molar-refractivity contribution in [3.05, 3.63) is 47.0 Å². The van der Waals surface area contributed by atoms with E-state index in [2.05, 4.69) is 15.7 Å². The van der Waals surface area contributed by atoms with Gasteiger partial charge in [-0.3, -0.25) is 19.1 Å². The molecule has 3 amide bonds. The summed E-state index contributed by atoms with van der Waals surface area (Å²) in [5.74, 6) is -7.95. The Bertz CT molecular complexity index is 1270. The molecule has 0 saturated heterocycles. The van der Waals surface area contributed by atoms with Crippen molar-refractivity contribution >= 4 is 23.4 Å². The van der Waals surface area contributed by atoms with E-state index in [1.54, 1.807) is 6.92 Å². The summed E-state index contributed by atoms with van der Waals surface area (Å²) in [6, 6.07) is 2.37. The topological polar surface area (TPSA) is 96.3 Å². The minimum atomic E-state index is -4.60. The number of carbonyl (C=O) groups excluding carboxylic acids is 3. The van der Waals surface area contributed by atoms with Gasteiger partial charge < -0.3 is 15.5 Å². The molecule has 1 aromatic carbocycles. The van der Waals surface area contributed by atoms with Gasteiger partial charge in [-0.1, -0.05) is 0 Å². The van der Waals surface area contributed by atoms with Gasteiger partial charge in [-0.2, -0.15) is 18.3 Å². The monoisotopic (exact) mass is 589 g/mol. The molecule has 2 N–H and O–H groups in total. The number of aryl methyl sites for hydroxylation is 2.